The Balaban J connectivity index is 1.58. The van der Waals surface area contributed by atoms with Crippen LogP contribution in [0.2, 0.25) is 0 Å². The summed E-state index contributed by atoms with van der Waals surface area (Å²) in [6, 6.07) is 28.7. The van der Waals surface area contributed by atoms with Crippen LogP contribution in [0, 0.1) is 0 Å². The molecule has 2 unspecified atom stereocenters. The van der Waals surface area contributed by atoms with E-state index in [1.54, 1.807) is 4.90 Å². The smallest absolute Gasteiger partial charge is 0.247 e. The van der Waals surface area contributed by atoms with E-state index < -0.39 is 6.04 Å². The molecule has 0 spiro atoms. The minimum Gasteiger partial charge on any atom is -0.376 e. The number of rotatable bonds is 10. The van der Waals surface area contributed by atoms with Crippen molar-refractivity contribution in [2.24, 2.45) is 0 Å². The molecule has 5 nitrogen and oxygen atoms in total. The molecule has 1 aliphatic heterocycles. The number of hydrogen-bond acceptors (Lipinski definition) is 3. The Labute approximate surface area is 201 Å². The number of ether oxygens (including phenoxy) is 1. The summed E-state index contributed by atoms with van der Waals surface area (Å²) in [7, 11) is 0. The molecule has 0 saturated carbocycles. The second-order valence-electron chi connectivity index (χ2n) is 8.69. The van der Waals surface area contributed by atoms with Crippen LogP contribution in [0.25, 0.3) is 0 Å². The second kappa shape index (κ2) is 12.1. The van der Waals surface area contributed by atoms with Crippen LogP contribution in [0.1, 0.15) is 42.0 Å². The summed E-state index contributed by atoms with van der Waals surface area (Å²) in [4.78, 5) is 28.9. The fraction of sp³-hybridized carbons (Fsp3) is 0.310. The van der Waals surface area contributed by atoms with Gasteiger partial charge in [-0.3, -0.25) is 9.59 Å². The normalized spacial score (nSPS) is 16.1. The molecule has 2 atom stereocenters. The van der Waals surface area contributed by atoms with Gasteiger partial charge in [0.1, 0.15) is 6.04 Å². The van der Waals surface area contributed by atoms with E-state index in [1.165, 1.54) is 0 Å². The Hall–Kier alpha value is -3.44. The summed E-state index contributed by atoms with van der Waals surface area (Å²) in [5.41, 5.74) is 2.90. The second-order valence-corrected chi connectivity index (χ2v) is 8.69. The van der Waals surface area contributed by atoms with Gasteiger partial charge >= 0.3 is 0 Å². The van der Waals surface area contributed by atoms with Crippen LogP contribution in [0.15, 0.2) is 91.0 Å². The molecule has 4 rings (SSSR count). The van der Waals surface area contributed by atoms with Crippen LogP contribution in [0.5, 0.6) is 0 Å². The maximum absolute atomic E-state index is 13.6. The minimum absolute atomic E-state index is 0.0386. The van der Waals surface area contributed by atoms with Crippen LogP contribution in [0.4, 0.5) is 0 Å². The van der Waals surface area contributed by atoms with E-state index in [1.807, 2.05) is 91.0 Å². The average molecular weight is 457 g/mol. The third kappa shape index (κ3) is 6.55. The zero-order valence-electron chi connectivity index (χ0n) is 19.4. The molecule has 5 heteroatoms. The first-order valence-electron chi connectivity index (χ1n) is 12.0. The fourth-order valence-corrected chi connectivity index (χ4v) is 4.37. The van der Waals surface area contributed by atoms with Crippen LogP contribution >= 0.6 is 0 Å². The average Bonchev–Trinajstić information content (AvgIpc) is 3.41. The number of nitrogens with zero attached hydrogens (tertiary/aromatic N) is 1. The van der Waals surface area contributed by atoms with E-state index in [4.69, 9.17) is 4.74 Å². The lowest BCUT2D eigenvalue weighted by molar-refractivity contribution is -0.141. The number of hydrogen-bond donors (Lipinski definition) is 1. The monoisotopic (exact) mass is 456 g/mol. The first kappa shape index (κ1) is 23.7. The van der Waals surface area contributed by atoms with Crippen LogP contribution in [-0.2, 0) is 27.3 Å². The van der Waals surface area contributed by atoms with Gasteiger partial charge in [-0.05, 0) is 36.0 Å². The number of amides is 2. The van der Waals surface area contributed by atoms with Gasteiger partial charge < -0.3 is 15.0 Å². The van der Waals surface area contributed by atoms with Crippen molar-refractivity contribution in [2.45, 2.75) is 44.4 Å². The zero-order valence-corrected chi connectivity index (χ0v) is 19.4. The molecular formula is C29H32N2O3. The van der Waals surface area contributed by atoms with Crippen LogP contribution in [0.3, 0.4) is 0 Å². The molecule has 1 heterocycles. The third-order valence-electron chi connectivity index (χ3n) is 6.19. The van der Waals surface area contributed by atoms with Crippen molar-refractivity contribution in [3.8, 4) is 0 Å². The predicted molar refractivity (Wildman–Crippen MR) is 133 cm³/mol. The number of benzene rings is 3. The minimum atomic E-state index is -0.717. The summed E-state index contributed by atoms with van der Waals surface area (Å²) in [6.07, 6.45) is 2.96. The first-order chi connectivity index (χ1) is 16.7. The summed E-state index contributed by atoms with van der Waals surface area (Å²) >= 11 is 0. The number of carbonyl (C=O) groups is 2. The van der Waals surface area contributed by atoms with Gasteiger partial charge in [-0.25, -0.2) is 0 Å². The highest BCUT2D eigenvalue weighted by molar-refractivity contribution is 5.88. The molecule has 0 radical (unpaired) electrons. The van der Waals surface area contributed by atoms with Gasteiger partial charge in [-0.1, -0.05) is 91.0 Å². The quantitative estimate of drug-likeness (QED) is 0.482. The molecule has 2 amide bonds. The lowest BCUT2D eigenvalue weighted by Crippen LogP contribution is -2.45. The highest BCUT2D eigenvalue weighted by Gasteiger charge is 2.32. The van der Waals surface area contributed by atoms with Gasteiger partial charge in [0.25, 0.3) is 0 Å². The van der Waals surface area contributed by atoms with E-state index in [9.17, 15) is 9.59 Å². The third-order valence-corrected chi connectivity index (χ3v) is 6.19. The van der Waals surface area contributed by atoms with E-state index in [2.05, 4.69) is 5.32 Å². The molecule has 1 aliphatic rings. The van der Waals surface area contributed by atoms with Gasteiger partial charge in [0.2, 0.25) is 11.8 Å². The molecule has 34 heavy (non-hydrogen) atoms. The van der Waals surface area contributed by atoms with Gasteiger partial charge in [0.15, 0.2) is 0 Å². The molecule has 1 fully saturated rings. The van der Waals surface area contributed by atoms with Gasteiger partial charge in [-0.2, -0.15) is 0 Å². The number of nitrogens with one attached hydrogen (secondary N) is 1. The number of aryl methyl sites for hydroxylation is 1. The molecule has 3 aromatic rings. The SMILES string of the molecule is O=C(NCC1CCCO1)C(c1ccccc1)N(Cc1ccccc1)C(=O)CCc1ccccc1. The lowest BCUT2D eigenvalue weighted by atomic mass is 10.0. The maximum Gasteiger partial charge on any atom is 0.247 e. The van der Waals surface area contributed by atoms with Gasteiger partial charge in [0.05, 0.1) is 6.10 Å². The lowest BCUT2D eigenvalue weighted by Gasteiger charge is -2.32. The van der Waals surface area contributed by atoms with Crippen molar-refractivity contribution in [3.63, 3.8) is 0 Å². The van der Waals surface area contributed by atoms with E-state index in [-0.39, 0.29) is 17.9 Å². The Bertz CT molecular complexity index is 1030. The molecule has 1 N–H and O–H groups in total. The van der Waals surface area contributed by atoms with Crippen molar-refractivity contribution in [1.29, 1.82) is 0 Å². The van der Waals surface area contributed by atoms with Gasteiger partial charge in [0, 0.05) is 26.1 Å². The first-order valence-corrected chi connectivity index (χ1v) is 12.0. The summed E-state index contributed by atoms with van der Waals surface area (Å²) in [5.74, 6) is -0.223. The molecule has 0 bridgehead atoms. The molecule has 176 valence electrons. The van der Waals surface area contributed by atoms with Crippen LogP contribution < -0.4 is 5.32 Å². The Morgan fingerprint density at radius 1 is 0.882 bits per heavy atom. The van der Waals surface area contributed by atoms with E-state index in [0.29, 0.717) is 25.9 Å². The Morgan fingerprint density at radius 2 is 1.50 bits per heavy atom. The number of carbonyl (C=O) groups excluding carboxylic acids is 2. The van der Waals surface area contributed by atoms with Crippen molar-refractivity contribution in [1.82, 2.24) is 10.2 Å². The van der Waals surface area contributed by atoms with Gasteiger partial charge in [-0.15, -0.1) is 0 Å². The van der Waals surface area contributed by atoms with Crippen LogP contribution in [-0.4, -0.2) is 36.0 Å². The topological polar surface area (TPSA) is 58.6 Å². The van der Waals surface area contributed by atoms with Crippen molar-refractivity contribution in [3.05, 3.63) is 108 Å². The maximum atomic E-state index is 13.6. The van der Waals surface area contributed by atoms with Crippen molar-refractivity contribution >= 4 is 11.8 Å². The van der Waals surface area contributed by atoms with E-state index >= 15 is 0 Å². The Morgan fingerprint density at radius 3 is 2.12 bits per heavy atom. The predicted octanol–water partition coefficient (Wildman–Crippen LogP) is 4.68. The molecular weight excluding hydrogens is 424 g/mol. The standard InChI is InChI=1S/C29H32N2O3/c32-27(19-18-23-11-4-1-5-12-23)31(22-24-13-6-2-7-14-24)28(25-15-8-3-9-16-25)29(33)30-21-26-17-10-20-34-26/h1-9,11-16,26,28H,10,17-22H2,(H,30,33). The summed E-state index contributed by atoms with van der Waals surface area (Å²) < 4.78 is 5.68. The molecule has 3 aromatic carbocycles. The highest BCUT2D eigenvalue weighted by atomic mass is 16.5. The van der Waals surface area contributed by atoms with Crippen molar-refractivity contribution < 1.29 is 14.3 Å². The van der Waals surface area contributed by atoms with Crippen molar-refractivity contribution in [2.75, 3.05) is 13.2 Å². The fourth-order valence-electron chi connectivity index (χ4n) is 4.37. The largest absolute Gasteiger partial charge is 0.376 e. The summed E-state index contributed by atoms with van der Waals surface area (Å²) in [5, 5.41) is 3.06. The zero-order chi connectivity index (χ0) is 23.6. The van der Waals surface area contributed by atoms with E-state index in [0.717, 1.165) is 36.1 Å². The highest BCUT2D eigenvalue weighted by Crippen LogP contribution is 2.25. The molecule has 0 aromatic heterocycles. The Kier molecular flexibility index (Phi) is 8.47. The molecule has 1 saturated heterocycles. The molecule has 0 aliphatic carbocycles. The summed E-state index contributed by atoms with van der Waals surface area (Å²) in [6.45, 7) is 1.56.